The first-order valence-electron chi connectivity index (χ1n) is 19.6. The van der Waals surface area contributed by atoms with Crippen LogP contribution < -0.4 is 32.7 Å². The Labute approximate surface area is 338 Å². The molecule has 9 N–H and O–H groups in total. The van der Waals surface area contributed by atoms with E-state index in [2.05, 4.69) is 26.3 Å². The van der Waals surface area contributed by atoms with Crippen molar-refractivity contribution >= 4 is 52.2 Å². The molecule has 15 nitrogen and oxygen atoms in total. The van der Waals surface area contributed by atoms with E-state index in [4.69, 9.17) is 16.2 Å². The van der Waals surface area contributed by atoms with Crippen molar-refractivity contribution in [2.45, 2.75) is 90.1 Å². The lowest BCUT2D eigenvalue weighted by Crippen LogP contribution is -2.66. The van der Waals surface area contributed by atoms with Crippen LogP contribution in [0.5, 0.6) is 0 Å². The van der Waals surface area contributed by atoms with E-state index in [1.807, 2.05) is 49.4 Å². The van der Waals surface area contributed by atoms with Gasteiger partial charge in [0.1, 0.15) is 11.6 Å². The third-order valence-electron chi connectivity index (χ3n) is 10.1. The number of H-pyrrole nitrogens is 1. The lowest BCUT2D eigenvalue weighted by Gasteiger charge is -2.32. The fourth-order valence-corrected chi connectivity index (χ4v) is 7.17. The summed E-state index contributed by atoms with van der Waals surface area (Å²) in [6, 6.07) is 17.4. The molecular formula is C43H55N8O7+. The normalized spacial score (nSPS) is 17.6. The number of esters is 1. The number of para-hydroxylation sites is 1. The zero-order valence-corrected chi connectivity index (χ0v) is 33.6. The molecule has 1 aromatic heterocycles. The number of amides is 6. The maximum absolute atomic E-state index is 14.8. The second kappa shape index (κ2) is 19.0. The zero-order valence-electron chi connectivity index (χ0n) is 33.6. The van der Waals surface area contributed by atoms with Crippen molar-refractivity contribution in [1.82, 2.24) is 20.9 Å². The minimum absolute atomic E-state index is 0.00181. The number of fused-ring (bicyclic) bond motifs is 1. The minimum atomic E-state index is -1.23. The van der Waals surface area contributed by atoms with Crippen LogP contribution in [0.1, 0.15) is 73.5 Å². The molecule has 4 unspecified atom stereocenters. The highest BCUT2D eigenvalue weighted by Crippen LogP contribution is 2.28. The van der Waals surface area contributed by atoms with Crippen LogP contribution in [0.15, 0.2) is 79.0 Å². The van der Waals surface area contributed by atoms with Crippen LogP contribution in [0.4, 0.5) is 10.5 Å². The van der Waals surface area contributed by atoms with Crippen molar-refractivity contribution in [3.8, 4) is 0 Å². The second-order valence-corrected chi connectivity index (χ2v) is 15.7. The Morgan fingerprint density at radius 2 is 1.69 bits per heavy atom. The molecule has 1 saturated heterocycles. The predicted molar refractivity (Wildman–Crippen MR) is 220 cm³/mol. The van der Waals surface area contributed by atoms with Gasteiger partial charge in [-0.25, -0.2) is 19.2 Å². The first-order chi connectivity index (χ1) is 27.6. The minimum Gasteiger partial charge on any atom is -0.456 e. The Balaban J connectivity index is 1.38. The maximum atomic E-state index is 14.8. The average molecular weight is 796 g/mol. The molecule has 4 atom stereocenters. The smallest absolute Gasteiger partial charge is 0.344 e. The average Bonchev–Trinajstić information content (AvgIpc) is 3.73. The van der Waals surface area contributed by atoms with E-state index in [0.29, 0.717) is 47.1 Å². The lowest BCUT2D eigenvalue weighted by atomic mass is 10.00. The number of aryl methyl sites for hydroxylation is 1. The van der Waals surface area contributed by atoms with Gasteiger partial charge < -0.3 is 42.5 Å². The third-order valence-corrected chi connectivity index (χ3v) is 10.1. The molecule has 0 bridgehead atoms. The van der Waals surface area contributed by atoms with Gasteiger partial charge in [-0.3, -0.25) is 9.59 Å². The van der Waals surface area contributed by atoms with E-state index in [9.17, 15) is 28.8 Å². The molecule has 1 fully saturated rings. The number of hydrogen-bond acceptors (Lipinski definition) is 9. The standard InChI is InChI=1S/C43H54N8O7/c1-27-13-8-9-17-32(27)49-42(57)50-35-20-22-51(40(35)55,26-36(52)47-24-28-14-6-5-7-15-28)39(54)34(18-10-11-21-44)48-38(53)31(45)23-29-25-46-33-19-12-16-30(37(29)33)41(56)58-43(2,3)4/h5-9,12-17,19,25,31,34-35H,10-11,18,20-24,26,44-45H2,1-4H3,(H4-,46,47,48,49,50,52,53,56,57)/p+1. The Kier molecular flexibility index (Phi) is 14.2. The lowest BCUT2D eigenvalue weighted by molar-refractivity contribution is -0.762. The summed E-state index contributed by atoms with van der Waals surface area (Å²) in [5.41, 5.74) is 15.3. The van der Waals surface area contributed by atoms with E-state index >= 15 is 0 Å². The monoisotopic (exact) mass is 795 g/mol. The van der Waals surface area contributed by atoms with Gasteiger partial charge in [0.15, 0.2) is 12.6 Å². The van der Waals surface area contributed by atoms with Crippen LogP contribution in [-0.4, -0.2) is 88.5 Å². The number of aromatic amines is 1. The van der Waals surface area contributed by atoms with Gasteiger partial charge in [0, 0.05) is 35.8 Å². The van der Waals surface area contributed by atoms with Crippen molar-refractivity contribution in [3.05, 3.63) is 101 Å². The number of urea groups is 1. The summed E-state index contributed by atoms with van der Waals surface area (Å²) in [7, 11) is 0. The third kappa shape index (κ3) is 10.7. The number of nitrogens with two attached hydrogens (primary N) is 2. The molecule has 0 aliphatic carbocycles. The number of ether oxygens (including phenoxy) is 1. The summed E-state index contributed by atoms with van der Waals surface area (Å²) in [6.07, 6.45) is 2.83. The van der Waals surface area contributed by atoms with Gasteiger partial charge >= 0.3 is 23.8 Å². The summed E-state index contributed by atoms with van der Waals surface area (Å²) < 4.78 is 4.70. The van der Waals surface area contributed by atoms with Gasteiger partial charge in [-0.05, 0) is 94.8 Å². The molecule has 1 aliphatic heterocycles. The summed E-state index contributed by atoms with van der Waals surface area (Å²) in [5, 5.41) is 11.6. The van der Waals surface area contributed by atoms with Gasteiger partial charge in [-0.1, -0.05) is 54.6 Å². The number of rotatable bonds is 16. The molecule has 0 radical (unpaired) electrons. The molecule has 58 heavy (non-hydrogen) atoms. The molecule has 3 aromatic carbocycles. The SMILES string of the molecule is Cc1ccccc1NC(=O)NC1CC[N+](CC(=O)NCc2ccccc2)(C(=O)C(CCCCN)NC(=O)C(N)Cc2c[nH]c3cccc(C(=O)OC(C)(C)C)c23)C1=O. The number of quaternary nitrogens is 1. The van der Waals surface area contributed by atoms with Crippen molar-refractivity contribution in [1.29, 1.82) is 0 Å². The number of likely N-dealkylation sites (tertiary alicyclic amines) is 1. The first-order valence-corrected chi connectivity index (χ1v) is 19.6. The molecule has 4 aromatic rings. The van der Waals surface area contributed by atoms with Crippen molar-refractivity contribution in [2.24, 2.45) is 11.5 Å². The summed E-state index contributed by atoms with van der Waals surface area (Å²) in [4.78, 5) is 86.2. The molecule has 0 spiro atoms. The van der Waals surface area contributed by atoms with Gasteiger partial charge in [-0.15, -0.1) is 0 Å². The number of unbranched alkanes of at least 4 members (excludes halogenated alkanes) is 1. The Morgan fingerprint density at radius 3 is 2.40 bits per heavy atom. The molecule has 0 saturated carbocycles. The molecule has 2 heterocycles. The quantitative estimate of drug-likeness (QED) is 0.0498. The Bertz CT molecular complexity index is 2130. The number of imide groups is 1. The first kappa shape index (κ1) is 43.2. The highest BCUT2D eigenvalue weighted by Gasteiger charge is 2.57. The van der Waals surface area contributed by atoms with Gasteiger partial charge in [0.2, 0.25) is 5.91 Å². The molecule has 15 heteroatoms. The molecule has 6 amide bonds. The van der Waals surface area contributed by atoms with Crippen LogP contribution in [0.25, 0.3) is 10.9 Å². The fourth-order valence-electron chi connectivity index (χ4n) is 7.17. The van der Waals surface area contributed by atoms with Crippen LogP contribution in [-0.2, 0) is 36.9 Å². The van der Waals surface area contributed by atoms with E-state index in [1.165, 1.54) is 0 Å². The molecule has 308 valence electrons. The number of nitrogens with one attached hydrogen (secondary N) is 5. The van der Waals surface area contributed by atoms with Gasteiger partial charge in [0.05, 0.1) is 18.2 Å². The number of carbonyl (C=O) groups is 6. The predicted octanol–water partition coefficient (Wildman–Crippen LogP) is 3.70. The Morgan fingerprint density at radius 1 is 0.966 bits per heavy atom. The highest BCUT2D eigenvalue weighted by atomic mass is 16.6. The Hall–Kier alpha value is -5.90. The van der Waals surface area contributed by atoms with Crippen molar-refractivity contribution in [2.75, 3.05) is 25.0 Å². The number of anilines is 1. The maximum Gasteiger partial charge on any atom is 0.344 e. The summed E-state index contributed by atoms with van der Waals surface area (Å²) in [5.74, 6) is -3.11. The van der Waals surface area contributed by atoms with Crippen LogP contribution in [0.2, 0.25) is 0 Å². The largest absolute Gasteiger partial charge is 0.456 e. The summed E-state index contributed by atoms with van der Waals surface area (Å²) >= 11 is 0. The van der Waals surface area contributed by atoms with Crippen LogP contribution in [0, 0.1) is 6.92 Å². The van der Waals surface area contributed by atoms with Crippen molar-refractivity contribution in [3.63, 3.8) is 0 Å². The van der Waals surface area contributed by atoms with Gasteiger partial charge in [0.25, 0.3) is 5.91 Å². The second-order valence-electron chi connectivity index (χ2n) is 15.7. The van der Waals surface area contributed by atoms with Gasteiger partial charge in [-0.2, -0.15) is 4.48 Å². The number of nitrogens with zero attached hydrogens (tertiary/aromatic N) is 1. The zero-order chi connectivity index (χ0) is 42.0. The van der Waals surface area contributed by atoms with Crippen molar-refractivity contribution < 1.29 is 38.0 Å². The molecule has 1 aliphatic rings. The number of carbonyl (C=O) groups excluding carboxylic acids is 6. The van der Waals surface area contributed by atoms with E-state index < -0.39 is 70.4 Å². The molecular weight excluding hydrogens is 741 g/mol. The molecule has 5 rings (SSSR count). The number of hydrogen-bond donors (Lipinski definition) is 7. The number of benzene rings is 3. The van der Waals surface area contributed by atoms with Crippen LogP contribution >= 0.6 is 0 Å². The highest BCUT2D eigenvalue weighted by molar-refractivity contribution is 6.05. The fraction of sp³-hybridized carbons (Fsp3) is 0.395. The van der Waals surface area contributed by atoms with Crippen LogP contribution in [0.3, 0.4) is 0 Å². The van der Waals surface area contributed by atoms with E-state index in [0.717, 1.165) is 11.1 Å². The summed E-state index contributed by atoms with van der Waals surface area (Å²) in [6.45, 7) is 7.01. The number of aromatic nitrogens is 1. The topological polar surface area (TPSA) is 228 Å². The van der Waals surface area contributed by atoms with E-state index in [1.54, 1.807) is 57.3 Å². The van der Waals surface area contributed by atoms with E-state index in [-0.39, 0.29) is 32.4 Å².